The van der Waals surface area contributed by atoms with Crippen molar-refractivity contribution in [2.75, 3.05) is 20.2 Å². The summed E-state index contributed by atoms with van der Waals surface area (Å²) in [4.78, 5) is 35.7. The summed E-state index contributed by atoms with van der Waals surface area (Å²) in [6, 6.07) is -1.38. The van der Waals surface area contributed by atoms with E-state index in [9.17, 15) is 14.4 Å². The Labute approximate surface area is 111 Å². The highest BCUT2D eigenvalue weighted by molar-refractivity contribution is 5.83. The number of aliphatic carboxylic acids is 1. The Morgan fingerprint density at radius 2 is 2.00 bits per heavy atom. The molecule has 2 atom stereocenters. The molecule has 2 N–H and O–H groups in total. The van der Waals surface area contributed by atoms with E-state index in [4.69, 9.17) is 5.11 Å². The first-order valence-electron chi connectivity index (χ1n) is 6.22. The molecule has 1 fully saturated rings. The molecular formula is C12H20N2O5. The summed E-state index contributed by atoms with van der Waals surface area (Å²) in [5, 5.41) is 11.5. The molecular weight excluding hydrogens is 252 g/mol. The summed E-state index contributed by atoms with van der Waals surface area (Å²) in [5.41, 5.74) is 0. The first-order chi connectivity index (χ1) is 8.86. The van der Waals surface area contributed by atoms with Gasteiger partial charge in [-0.25, -0.2) is 9.59 Å². The van der Waals surface area contributed by atoms with E-state index in [1.54, 1.807) is 13.8 Å². The number of rotatable bonds is 4. The van der Waals surface area contributed by atoms with Gasteiger partial charge in [-0.05, 0) is 12.3 Å². The van der Waals surface area contributed by atoms with Gasteiger partial charge in [-0.1, -0.05) is 13.8 Å². The van der Waals surface area contributed by atoms with Crippen LogP contribution in [0.15, 0.2) is 0 Å². The lowest BCUT2D eigenvalue weighted by atomic mass is 10.1. The van der Waals surface area contributed by atoms with Crippen LogP contribution in [0.4, 0.5) is 4.79 Å². The van der Waals surface area contributed by atoms with Crippen LogP contribution >= 0.6 is 0 Å². The first kappa shape index (κ1) is 15.3. The van der Waals surface area contributed by atoms with Gasteiger partial charge in [0.25, 0.3) is 0 Å². The van der Waals surface area contributed by atoms with Crippen molar-refractivity contribution in [1.29, 1.82) is 0 Å². The van der Waals surface area contributed by atoms with Crippen LogP contribution in [0.5, 0.6) is 0 Å². The lowest BCUT2D eigenvalue weighted by Crippen LogP contribution is -2.49. The summed E-state index contributed by atoms with van der Waals surface area (Å²) in [5.74, 6) is -1.93. The summed E-state index contributed by atoms with van der Waals surface area (Å²) in [7, 11) is 1.31. The molecule has 1 heterocycles. The van der Waals surface area contributed by atoms with E-state index < -0.39 is 18.0 Å². The molecule has 0 radical (unpaired) electrons. The zero-order chi connectivity index (χ0) is 14.6. The maximum atomic E-state index is 11.9. The van der Waals surface area contributed by atoms with E-state index >= 15 is 0 Å². The molecule has 0 aliphatic carbocycles. The molecule has 1 unspecified atom stereocenters. The summed E-state index contributed by atoms with van der Waals surface area (Å²) >= 11 is 0. The number of carboxylic acids is 1. The Kier molecular flexibility index (Phi) is 5.14. The maximum Gasteiger partial charge on any atom is 0.326 e. The van der Waals surface area contributed by atoms with Gasteiger partial charge in [0.05, 0.1) is 13.0 Å². The fourth-order valence-corrected chi connectivity index (χ4v) is 2.04. The third-order valence-corrected chi connectivity index (χ3v) is 3.22. The molecule has 7 nitrogen and oxygen atoms in total. The third-order valence-electron chi connectivity index (χ3n) is 3.22. The quantitative estimate of drug-likeness (QED) is 0.718. The largest absolute Gasteiger partial charge is 0.480 e. The number of esters is 1. The van der Waals surface area contributed by atoms with Crippen molar-refractivity contribution in [2.24, 2.45) is 11.8 Å². The van der Waals surface area contributed by atoms with E-state index in [-0.39, 0.29) is 24.3 Å². The third kappa shape index (κ3) is 3.84. The Morgan fingerprint density at radius 1 is 1.37 bits per heavy atom. The molecule has 7 heteroatoms. The van der Waals surface area contributed by atoms with Crippen molar-refractivity contribution in [3.8, 4) is 0 Å². The number of amides is 2. The van der Waals surface area contributed by atoms with Crippen LogP contribution in [0.25, 0.3) is 0 Å². The molecule has 1 aliphatic heterocycles. The van der Waals surface area contributed by atoms with Crippen LogP contribution < -0.4 is 5.32 Å². The fourth-order valence-electron chi connectivity index (χ4n) is 2.04. The van der Waals surface area contributed by atoms with Crippen molar-refractivity contribution in [3.63, 3.8) is 0 Å². The lowest BCUT2D eigenvalue weighted by Gasteiger charge is -2.22. The molecule has 0 aromatic heterocycles. The molecule has 19 heavy (non-hydrogen) atoms. The van der Waals surface area contributed by atoms with Gasteiger partial charge in [-0.2, -0.15) is 0 Å². The van der Waals surface area contributed by atoms with E-state index in [0.717, 1.165) is 0 Å². The Hall–Kier alpha value is -1.79. The van der Waals surface area contributed by atoms with Crippen LogP contribution in [0, 0.1) is 11.8 Å². The van der Waals surface area contributed by atoms with Crippen molar-refractivity contribution in [2.45, 2.75) is 26.3 Å². The van der Waals surface area contributed by atoms with Gasteiger partial charge in [-0.3, -0.25) is 4.79 Å². The van der Waals surface area contributed by atoms with Gasteiger partial charge in [0.15, 0.2) is 0 Å². The molecule has 0 saturated carbocycles. The minimum absolute atomic E-state index is 0.208. The minimum Gasteiger partial charge on any atom is -0.480 e. The summed E-state index contributed by atoms with van der Waals surface area (Å²) in [6.45, 7) is 4.14. The fraction of sp³-hybridized carbons (Fsp3) is 0.750. The van der Waals surface area contributed by atoms with Crippen molar-refractivity contribution >= 4 is 18.0 Å². The van der Waals surface area contributed by atoms with Crippen molar-refractivity contribution < 1.29 is 24.2 Å². The van der Waals surface area contributed by atoms with Crippen LogP contribution in [-0.2, 0) is 14.3 Å². The number of carbonyl (C=O) groups excluding carboxylic acids is 2. The molecule has 0 spiro atoms. The first-order valence-corrected chi connectivity index (χ1v) is 6.22. The van der Waals surface area contributed by atoms with Gasteiger partial charge in [-0.15, -0.1) is 0 Å². The monoisotopic (exact) mass is 272 g/mol. The minimum atomic E-state index is -1.06. The van der Waals surface area contributed by atoms with Crippen molar-refractivity contribution in [1.82, 2.24) is 10.2 Å². The van der Waals surface area contributed by atoms with Gasteiger partial charge < -0.3 is 20.1 Å². The molecule has 1 rings (SSSR count). The van der Waals surface area contributed by atoms with Crippen molar-refractivity contribution in [3.05, 3.63) is 0 Å². The normalized spacial score (nSPS) is 20.2. The lowest BCUT2D eigenvalue weighted by molar-refractivity contribution is -0.145. The molecule has 1 saturated heterocycles. The molecule has 108 valence electrons. The van der Waals surface area contributed by atoms with E-state index in [1.165, 1.54) is 12.0 Å². The number of urea groups is 1. The van der Waals surface area contributed by atoms with Crippen LogP contribution in [0.1, 0.15) is 20.3 Å². The second-order valence-corrected chi connectivity index (χ2v) is 4.96. The predicted octanol–water partition coefficient (Wildman–Crippen LogP) is 0.300. The SMILES string of the molecule is COC(=O)C1CCN(C(=O)N[C@H](C(=O)O)C(C)C)C1. The number of carboxylic acid groups (broad SMARTS) is 1. The average Bonchev–Trinajstić information content (AvgIpc) is 2.83. The van der Waals surface area contributed by atoms with Crippen LogP contribution in [0.2, 0.25) is 0 Å². The van der Waals surface area contributed by atoms with Gasteiger partial charge in [0, 0.05) is 13.1 Å². The number of carbonyl (C=O) groups is 3. The topological polar surface area (TPSA) is 95.9 Å². The molecule has 1 aliphatic rings. The second-order valence-electron chi connectivity index (χ2n) is 4.96. The Morgan fingerprint density at radius 3 is 2.47 bits per heavy atom. The Balaban J connectivity index is 2.56. The standard InChI is InChI=1S/C12H20N2O5/c1-7(2)9(10(15)16)13-12(18)14-5-4-8(6-14)11(17)19-3/h7-9H,4-6H2,1-3H3,(H,13,18)(H,15,16)/t8?,9-/m0/s1. The zero-order valence-electron chi connectivity index (χ0n) is 11.4. The summed E-state index contributed by atoms with van der Waals surface area (Å²) < 4.78 is 4.63. The van der Waals surface area contributed by atoms with Crippen LogP contribution in [0.3, 0.4) is 0 Å². The number of methoxy groups -OCH3 is 1. The van der Waals surface area contributed by atoms with Crippen LogP contribution in [-0.4, -0.2) is 54.2 Å². The molecule has 0 aromatic carbocycles. The van der Waals surface area contributed by atoms with Gasteiger partial charge >= 0.3 is 18.0 Å². The number of likely N-dealkylation sites (tertiary alicyclic amines) is 1. The molecule has 0 aromatic rings. The van der Waals surface area contributed by atoms with E-state index in [0.29, 0.717) is 13.0 Å². The molecule has 0 bridgehead atoms. The average molecular weight is 272 g/mol. The highest BCUT2D eigenvalue weighted by Gasteiger charge is 2.33. The van der Waals surface area contributed by atoms with Gasteiger partial charge in [0.2, 0.25) is 0 Å². The number of ether oxygens (including phenoxy) is 1. The highest BCUT2D eigenvalue weighted by atomic mass is 16.5. The Bertz CT molecular complexity index is 369. The van der Waals surface area contributed by atoms with Gasteiger partial charge in [0.1, 0.15) is 6.04 Å². The highest BCUT2D eigenvalue weighted by Crippen LogP contribution is 2.17. The zero-order valence-corrected chi connectivity index (χ0v) is 11.4. The van der Waals surface area contributed by atoms with E-state index in [1.807, 2.05) is 0 Å². The molecule has 2 amide bonds. The number of nitrogens with one attached hydrogen (secondary N) is 1. The predicted molar refractivity (Wildman–Crippen MR) is 66.5 cm³/mol. The van der Waals surface area contributed by atoms with E-state index in [2.05, 4.69) is 10.1 Å². The summed E-state index contributed by atoms with van der Waals surface area (Å²) in [6.07, 6.45) is 0.541. The smallest absolute Gasteiger partial charge is 0.326 e. The second kappa shape index (κ2) is 6.40. The number of hydrogen-bond donors (Lipinski definition) is 2. The maximum absolute atomic E-state index is 11.9. The number of nitrogens with zero attached hydrogens (tertiary/aromatic N) is 1. The number of hydrogen-bond acceptors (Lipinski definition) is 4.